The third-order valence-electron chi connectivity index (χ3n) is 6.62. The third-order valence-corrected chi connectivity index (χ3v) is 8.34. The fourth-order valence-corrected chi connectivity index (χ4v) is 6.21. The molecule has 1 fully saturated rings. The van der Waals surface area contributed by atoms with E-state index >= 15 is 0 Å². The zero-order chi connectivity index (χ0) is 25.6. The third kappa shape index (κ3) is 4.68. The molecule has 2 aliphatic heterocycles. The monoisotopic (exact) mass is 521 g/mol. The number of ether oxygens (including phenoxy) is 2. The Morgan fingerprint density at radius 1 is 1.17 bits per heavy atom. The summed E-state index contributed by atoms with van der Waals surface area (Å²) in [4.78, 5) is 9.13. The van der Waals surface area contributed by atoms with E-state index in [-0.39, 0.29) is 23.2 Å². The van der Waals surface area contributed by atoms with Gasteiger partial charge < -0.3 is 14.8 Å². The summed E-state index contributed by atoms with van der Waals surface area (Å²) in [6.45, 7) is 3.87. The zero-order valence-electron chi connectivity index (χ0n) is 19.9. The maximum atomic E-state index is 14.8. The molecule has 5 rings (SSSR count). The Morgan fingerprint density at radius 2 is 1.89 bits per heavy atom. The number of nitrogens with one attached hydrogen (secondary N) is 1. The predicted octanol–water partition coefficient (Wildman–Crippen LogP) is 5.08. The van der Waals surface area contributed by atoms with Crippen molar-refractivity contribution in [3.05, 3.63) is 52.6 Å². The summed E-state index contributed by atoms with van der Waals surface area (Å²) in [6.07, 6.45) is -1.80. The summed E-state index contributed by atoms with van der Waals surface area (Å²) in [5, 5.41) is 3.80. The Labute approximate surface area is 207 Å². The molecule has 1 aromatic heterocycles. The van der Waals surface area contributed by atoms with Gasteiger partial charge in [-0.25, -0.2) is 31.6 Å². The second-order valence-corrected chi connectivity index (χ2v) is 11.5. The van der Waals surface area contributed by atoms with Crippen molar-refractivity contribution in [2.75, 3.05) is 23.4 Å². The SMILES string of the molecule is Cc1nc(N[C@H](C)c2cccc(C(F)F)c2F)c2cc(OC3CCS(=O)(=O)CC3)c3c(c2n1)CCO3. The molecule has 36 heavy (non-hydrogen) atoms. The molecule has 2 aromatic carbocycles. The van der Waals surface area contributed by atoms with E-state index < -0.39 is 33.7 Å². The molecule has 0 spiro atoms. The fourth-order valence-electron chi connectivity index (χ4n) is 4.76. The van der Waals surface area contributed by atoms with Crippen LogP contribution in [-0.2, 0) is 16.3 Å². The van der Waals surface area contributed by atoms with Gasteiger partial charge in [-0.15, -0.1) is 0 Å². The summed E-state index contributed by atoms with van der Waals surface area (Å²) < 4.78 is 77.0. The summed E-state index contributed by atoms with van der Waals surface area (Å²) in [5.41, 5.74) is 0.981. The van der Waals surface area contributed by atoms with Gasteiger partial charge in [0.25, 0.3) is 6.43 Å². The maximum absolute atomic E-state index is 14.8. The van der Waals surface area contributed by atoms with Crippen molar-refractivity contribution in [1.29, 1.82) is 0 Å². The number of aryl methyl sites for hydroxylation is 1. The molecule has 11 heteroatoms. The number of anilines is 1. The molecule has 0 aliphatic carbocycles. The van der Waals surface area contributed by atoms with Gasteiger partial charge in [-0.3, -0.25) is 0 Å². The zero-order valence-corrected chi connectivity index (χ0v) is 20.7. The minimum Gasteiger partial charge on any atom is -0.489 e. The molecule has 0 amide bonds. The second kappa shape index (κ2) is 9.42. The van der Waals surface area contributed by atoms with E-state index in [1.165, 1.54) is 12.1 Å². The highest BCUT2D eigenvalue weighted by atomic mass is 32.2. The van der Waals surface area contributed by atoms with E-state index in [1.807, 2.05) is 0 Å². The van der Waals surface area contributed by atoms with Crippen LogP contribution in [0.2, 0.25) is 0 Å². The van der Waals surface area contributed by atoms with Crippen LogP contribution in [0.15, 0.2) is 24.3 Å². The first-order valence-corrected chi connectivity index (χ1v) is 13.6. The standard InChI is InChI=1S/C25H26F3N3O4S/c1-13(16-4-3-5-17(21(16)26)24(27)28)29-25-19-12-20(35-15-7-10-36(32,33)11-8-15)23-18(6-9-34-23)22(19)30-14(2)31-25/h3-5,12-13,15,24H,6-11H2,1-2H3,(H,29,30,31)/t13-/m1/s1. The molecule has 3 heterocycles. The first-order chi connectivity index (χ1) is 17.1. The molecule has 0 saturated carbocycles. The normalized spacial score (nSPS) is 18.2. The Balaban J connectivity index is 1.53. The largest absolute Gasteiger partial charge is 0.489 e. The van der Waals surface area contributed by atoms with Crippen molar-refractivity contribution in [2.45, 2.75) is 51.7 Å². The van der Waals surface area contributed by atoms with Crippen molar-refractivity contribution in [2.24, 2.45) is 0 Å². The Morgan fingerprint density at radius 3 is 2.61 bits per heavy atom. The van der Waals surface area contributed by atoms with Gasteiger partial charge in [-0.05, 0) is 32.8 Å². The van der Waals surface area contributed by atoms with Crippen molar-refractivity contribution in [1.82, 2.24) is 9.97 Å². The van der Waals surface area contributed by atoms with Crippen molar-refractivity contribution in [3.63, 3.8) is 0 Å². The van der Waals surface area contributed by atoms with E-state index in [1.54, 1.807) is 19.9 Å². The van der Waals surface area contributed by atoms with Crippen LogP contribution in [-0.4, -0.2) is 42.6 Å². The van der Waals surface area contributed by atoms with Crippen molar-refractivity contribution < 1.29 is 31.1 Å². The molecule has 0 radical (unpaired) electrons. The highest BCUT2D eigenvalue weighted by Gasteiger charge is 2.29. The van der Waals surface area contributed by atoms with Gasteiger partial charge in [0.2, 0.25) is 0 Å². The minimum absolute atomic E-state index is 0.0736. The fraction of sp³-hybridized carbons (Fsp3) is 0.440. The van der Waals surface area contributed by atoms with Crippen LogP contribution in [0.1, 0.15) is 54.7 Å². The van der Waals surface area contributed by atoms with Gasteiger partial charge in [0.05, 0.1) is 35.2 Å². The van der Waals surface area contributed by atoms with Gasteiger partial charge in [0, 0.05) is 22.9 Å². The first kappa shape index (κ1) is 24.6. The number of halogens is 3. The highest BCUT2D eigenvalue weighted by molar-refractivity contribution is 7.91. The number of sulfone groups is 1. The van der Waals surface area contributed by atoms with Gasteiger partial charge in [0.1, 0.15) is 23.6 Å². The predicted molar refractivity (Wildman–Crippen MR) is 129 cm³/mol. The lowest BCUT2D eigenvalue weighted by atomic mass is 10.0. The van der Waals surface area contributed by atoms with Crippen LogP contribution in [0, 0.1) is 12.7 Å². The number of benzene rings is 2. The molecular formula is C25H26F3N3O4S. The van der Waals surface area contributed by atoms with Crippen LogP contribution in [0.5, 0.6) is 11.5 Å². The quantitative estimate of drug-likeness (QED) is 0.484. The van der Waals surface area contributed by atoms with Crippen LogP contribution < -0.4 is 14.8 Å². The summed E-state index contributed by atoms with van der Waals surface area (Å²) >= 11 is 0. The molecule has 7 nitrogen and oxygen atoms in total. The minimum atomic E-state index is -3.04. The molecule has 0 unspecified atom stereocenters. The highest BCUT2D eigenvalue weighted by Crippen LogP contribution is 2.43. The van der Waals surface area contributed by atoms with Gasteiger partial charge in [0.15, 0.2) is 21.3 Å². The number of hydrogen-bond donors (Lipinski definition) is 1. The summed E-state index contributed by atoms with van der Waals surface area (Å²) in [5.74, 6) is 1.16. The number of fused-ring (bicyclic) bond motifs is 3. The van der Waals surface area contributed by atoms with E-state index in [0.717, 1.165) is 11.6 Å². The Bertz CT molecular complexity index is 1420. The number of rotatable bonds is 6. The van der Waals surface area contributed by atoms with Gasteiger partial charge >= 0.3 is 0 Å². The molecule has 0 bridgehead atoms. The van der Waals surface area contributed by atoms with Gasteiger partial charge in [-0.1, -0.05) is 18.2 Å². The topological polar surface area (TPSA) is 90.4 Å². The average Bonchev–Trinajstić information content (AvgIpc) is 3.31. The van der Waals surface area contributed by atoms with Crippen LogP contribution >= 0.6 is 0 Å². The van der Waals surface area contributed by atoms with Crippen molar-refractivity contribution in [3.8, 4) is 11.5 Å². The van der Waals surface area contributed by atoms with E-state index in [9.17, 15) is 21.6 Å². The van der Waals surface area contributed by atoms with E-state index in [4.69, 9.17) is 9.47 Å². The number of hydrogen-bond acceptors (Lipinski definition) is 7. The lowest BCUT2D eigenvalue weighted by molar-refractivity contribution is 0.146. The summed E-state index contributed by atoms with van der Waals surface area (Å²) in [6, 6.07) is 5.03. The number of nitrogens with zero attached hydrogens (tertiary/aromatic N) is 2. The number of alkyl halides is 2. The lowest BCUT2D eigenvalue weighted by Gasteiger charge is -2.25. The smallest absolute Gasteiger partial charge is 0.266 e. The van der Waals surface area contributed by atoms with Crippen LogP contribution in [0.4, 0.5) is 19.0 Å². The number of aromatic nitrogens is 2. The molecule has 2 aliphatic rings. The second-order valence-electron chi connectivity index (χ2n) is 9.18. The van der Waals surface area contributed by atoms with Gasteiger partial charge in [-0.2, -0.15) is 0 Å². The van der Waals surface area contributed by atoms with Crippen LogP contribution in [0.3, 0.4) is 0 Å². The average molecular weight is 522 g/mol. The molecule has 1 saturated heterocycles. The van der Waals surface area contributed by atoms with Crippen molar-refractivity contribution >= 4 is 26.6 Å². The molecule has 192 valence electrons. The molecule has 3 aromatic rings. The van der Waals surface area contributed by atoms with E-state index in [0.29, 0.717) is 59.9 Å². The lowest BCUT2D eigenvalue weighted by Crippen LogP contribution is -2.30. The first-order valence-electron chi connectivity index (χ1n) is 11.8. The van der Waals surface area contributed by atoms with E-state index in [2.05, 4.69) is 15.3 Å². The maximum Gasteiger partial charge on any atom is 0.266 e. The molecule has 1 N–H and O–H groups in total. The Kier molecular flexibility index (Phi) is 6.44. The Hall–Kier alpha value is -3.08. The summed E-state index contributed by atoms with van der Waals surface area (Å²) in [7, 11) is -3.04. The molecule has 1 atom stereocenters. The molecular weight excluding hydrogens is 495 g/mol. The van der Waals surface area contributed by atoms with Crippen LogP contribution in [0.25, 0.3) is 10.9 Å².